The Morgan fingerprint density at radius 1 is 1.12 bits per heavy atom. The molecule has 0 aromatic heterocycles. The number of rotatable bonds is 5. The van der Waals surface area contributed by atoms with Gasteiger partial charge in [-0.1, -0.05) is 30.3 Å². The van der Waals surface area contributed by atoms with Gasteiger partial charge in [-0.05, 0) is 18.2 Å². The summed E-state index contributed by atoms with van der Waals surface area (Å²) in [6, 6.07) is 10.7. The van der Waals surface area contributed by atoms with E-state index < -0.39 is 44.3 Å². The van der Waals surface area contributed by atoms with E-state index in [1.807, 2.05) is 0 Å². The van der Waals surface area contributed by atoms with Gasteiger partial charge in [-0.2, -0.15) is 0 Å². The highest BCUT2D eigenvalue weighted by Gasteiger charge is 2.28. The van der Waals surface area contributed by atoms with E-state index in [0.717, 1.165) is 18.2 Å². The molecular formula is C17H17FN2O5S. The number of carbonyl (C=O) groups excluding carboxylic acids is 2. The van der Waals surface area contributed by atoms with Crippen molar-refractivity contribution in [2.24, 2.45) is 5.14 Å². The lowest BCUT2D eigenvalue weighted by atomic mass is 10.1. The Morgan fingerprint density at radius 2 is 1.73 bits per heavy atom. The molecule has 0 aliphatic rings. The second-order valence-electron chi connectivity index (χ2n) is 5.62. The SMILES string of the molecule is CN(C)C(=O)[C@H](OC(=O)c1cc(S(N)(=O)=O)ccc1F)c1ccccc1. The molecule has 2 aromatic carbocycles. The molecule has 26 heavy (non-hydrogen) atoms. The number of sulfonamides is 1. The van der Waals surface area contributed by atoms with Crippen LogP contribution in [0.5, 0.6) is 0 Å². The Bertz CT molecular complexity index is 929. The van der Waals surface area contributed by atoms with Gasteiger partial charge in [0.05, 0.1) is 10.5 Å². The topological polar surface area (TPSA) is 107 Å². The smallest absolute Gasteiger partial charge is 0.342 e. The van der Waals surface area contributed by atoms with Crippen LogP contribution in [0.4, 0.5) is 4.39 Å². The number of nitrogens with two attached hydrogens (primary N) is 1. The van der Waals surface area contributed by atoms with Gasteiger partial charge in [0.15, 0.2) is 0 Å². The number of hydrogen-bond acceptors (Lipinski definition) is 5. The summed E-state index contributed by atoms with van der Waals surface area (Å²) in [6.45, 7) is 0. The molecular weight excluding hydrogens is 363 g/mol. The lowest BCUT2D eigenvalue weighted by Crippen LogP contribution is -2.31. The molecule has 138 valence electrons. The highest BCUT2D eigenvalue weighted by Crippen LogP contribution is 2.23. The number of amides is 1. The van der Waals surface area contributed by atoms with Gasteiger partial charge in [-0.25, -0.2) is 22.7 Å². The minimum atomic E-state index is -4.14. The van der Waals surface area contributed by atoms with Crippen LogP contribution in [0.2, 0.25) is 0 Å². The summed E-state index contributed by atoms with van der Waals surface area (Å²) >= 11 is 0. The maximum Gasteiger partial charge on any atom is 0.342 e. The van der Waals surface area contributed by atoms with Crippen LogP contribution in [-0.4, -0.2) is 39.3 Å². The highest BCUT2D eigenvalue weighted by atomic mass is 32.2. The number of halogens is 1. The number of likely N-dealkylation sites (N-methyl/N-ethyl adjacent to an activating group) is 1. The summed E-state index contributed by atoms with van der Waals surface area (Å²) < 4.78 is 42.0. The van der Waals surface area contributed by atoms with Crippen LogP contribution in [0.3, 0.4) is 0 Å². The predicted octanol–water partition coefficient (Wildman–Crippen LogP) is 1.46. The van der Waals surface area contributed by atoms with Gasteiger partial charge >= 0.3 is 5.97 Å². The van der Waals surface area contributed by atoms with E-state index in [1.54, 1.807) is 30.3 Å². The van der Waals surface area contributed by atoms with Crippen molar-refractivity contribution in [3.63, 3.8) is 0 Å². The molecule has 7 nitrogen and oxygen atoms in total. The lowest BCUT2D eigenvalue weighted by Gasteiger charge is -2.21. The average Bonchev–Trinajstić information content (AvgIpc) is 2.58. The fraction of sp³-hybridized carbons (Fsp3) is 0.176. The van der Waals surface area contributed by atoms with Crippen molar-refractivity contribution in [2.45, 2.75) is 11.0 Å². The molecule has 0 spiro atoms. The van der Waals surface area contributed by atoms with E-state index in [9.17, 15) is 22.4 Å². The van der Waals surface area contributed by atoms with Crippen molar-refractivity contribution < 1.29 is 27.1 Å². The van der Waals surface area contributed by atoms with Gasteiger partial charge in [0, 0.05) is 19.7 Å². The number of benzene rings is 2. The van der Waals surface area contributed by atoms with Crippen LogP contribution in [0.25, 0.3) is 0 Å². The van der Waals surface area contributed by atoms with E-state index >= 15 is 0 Å². The fourth-order valence-corrected chi connectivity index (χ4v) is 2.67. The second-order valence-corrected chi connectivity index (χ2v) is 7.18. The largest absolute Gasteiger partial charge is 0.444 e. The third kappa shape index (κ3) is 4.44. The maximum atomic E-state index is 14.0. The Kier molecular flexibility index (Phi) is 5.73. The van der Waals surface area contributed by atoms with Crippen LogP contribution in [0.1, 0.15) is 22.0 Å². The van der Waals surface area contributed by atoms with Crippen LogP contribution >= 0.6 is 0 Å². The Labute approximate surface area is 150 Å². The quantitative estimate of drug-likeness (QED) is 0.791. The van der Waals surface area contributed by atoms with Gasteiger partial charge in [0.1, 0.15) is 5.82 Å². The van der Waals surface area contributed by atoms with Crippen molar-refractivity contribution in [3.8, 4) is 0 Å². The van der Waals surface area contributed by atoms with Gasteiger partial charge in [0.2, 0.25) is 16.1 Å². The molecule has 0 saturated heterocycles. The molecule has 0 saturated carbocycles. The monoisotopic (exact) mass is 380 g/mol. The first kappa shape index (κ1) is 19.5. The van der Waals surface area contributed by atoms with Crippen LogP contribution in [-0.2, 0) is 19.6 Å². The zero-order valence-corrected chi connectivity index (χ0v) is 14.9. The van der Waals surface area contributed by atoms with Gasteiger partial charge in [-0.3, -0.25) is 4.79 Å². The van der Waals surface area contributed by atoms with Crippen molar-refractivity contribution in [2.75, 3.05) is 14.1 Å². The molecule has 1 amide bonds. The molecule has 0 bridgehead atoms. The highest BCUT2D eigenvalue weighted by molar-refractivity contribution is 7.89. The zero-order chi connectivity index (χ0) is 19.5. The minimum Gasteiger partial charge on any atom is -0.444 e. The van der Waals surface area contributed by atoms with Crippen LogP contribution in [0.15, 0.2) is 53.4 Å². The third-order valence-electron chi connectivity index (χ3n) is 3.48. The standard InChI is InChI=1S/C17H17FN2O5S/c1-20(2)16(21)15(11-6-4-3-5-7-11)25-17(22)13-10-12(26(19,23)24)8-9-14(13)18/h3-10,15H,1-2H3,(H2,19,23,24)/t15-/m1/s1. The zero-order valence-electron chi connectivity index (χ0n) is 14.0. The van der Waals surface area contributed by atoms with E-state index in [2.05, 4.69) is 0 Å². The lowest BCUT2D eigenvalue weighted by molar-refractivity contribution is -0.138. The fourth-order valence-electron chi connectivity index (χ4n) is 2.13. The molecule has 9 heteroatoms. The number of ether oxygens (including phenoxy) is 1. The molecule has 0 aliphatic carbocycles. The van der Waals surface area contributed by atoms with Crippen molar-refractivity contribution in [3.05, 3.63) is 65.5 Å². The number of primary sulfonamides is 1. The minimum absolute atomic E-state index is 0.391. The molecule has 0 fully saturated rings. The van der Waals surface area contributed by atoms with Gasteiger partial charge < -0.3 is 9.64 Å². The molecule has 2 N–H and O–H groups in total. The summed E-state index contributed by atoms with van der Waals surface area (Å²) in [5, 5.41) is 4.99. The first-order chi connectivity index (χ1) is 12.1. The first-order valence-electron chi connectivity index (χ1n) is 7.40. The molecule has 2 aromatic rings. The third-order valence-corrected chi connectivity index (χ3v) is 4.39. The number of hydrogen-bond donors (Lipinski definition) is 1. The van der Waals surface area contributed by atoms with Crippen molar-refractivity contribution >= 4 is 21.9 Å². The molecule has 1 atom stereocenters. The second kappa shape index (κ2) is 7.63. The Hall–Kier alpha value is -2.78. The normalized spacial score (nSPS) is 12.3. The van der Waals surface area contributed by atoms with Gasteiger partial charge in [0.25, 0.3) is 5.91 Å². The molecule has 2 rings (SSSR count). The number of nitrogens with zero attached hydrogens (tertiary/aromatic N) is 1. The maximum absolute atomic E-state index is 14.0. The number of carbonyl (C=O) groups is 2. The van der Waals surface area contributed by atoms with Gasteiger partial charge in [-0.15, -0.1) is 0 Å². The summed E-state index contributed by atoms with van der Waals surface area (Å²) in [5.41, 5.74) is -0.244. The first-order valence-corrected chi connectivity index (χ1v) is 8.95. The average molecular weight is 380 g/mol. The van der Waals surface area contributed by atoms with Crippen molar-refractivity contribution in [1.82, 2.24) is 4.90 Å². The van der Waals surface area contributed by atoms with Crippen LogP contribution in [0, 0.1) is 5.82 Å². The van der Waals surface area contributed by atoms with E-state index in [4.69, 9.17) is 9.88 Å². The Balaban J connectivity index is 2.40. The predicted molar refractivity (Wildman–Crippen MR) is 91.1 cm³/mol. The number of esters is 1. The van der Waals surface area contributed by atoms with Crippen LogP contribution < -0.4 is 5.14 Å². The molecule has 0 radical (unpaired) electrons. The summed E-state index contributed by atoms with van der Waals surface area (Å²) in [4.78, 5) is 25.5. The summed E-state index contributed by atoms with van der Waals surface area (Å²) in [7, 11) is -1.17. The summed E-state index contributed by atoms with van der Waals surface area (Å²) in [5.74, 6) is -2.71. The molecule has 0 aliphatic heterocycles. The molecule has 0 unspecified atom stereocenters. The van der Waals surface area contributed by atoms with E-state index in [-0.39, 0.29) is 0 Å². The molecule has 0 heterocycles. The summed E-state index contributed by atoms with van der Waals surface area (Å²) in [6.07, 6.45) is -1.31. The van der Waals surface area contributed by atoms with E-state index in [1.165, 1.54) is 19.0 Å². The van der Waals surface area contributed by atoms with Crippen molar-refractivity contribution in [1.29, 1.82) is 0 Å². The van der Waals surface area contributed by atoms with E-state index in [0.29, 0.717) is 5.56 Å². The Morgan fingerprint density at radius 3 is 2.27 bits per heavy atom.